The number of likely N-dealkylation sites (N-methyl/N-ethyl adjacent to an activating group) is 1. The Morgan fingerprint density at radius 2 is 2.16 bits per heavy atom. The molecule has 1 amide bonds. The third-order valence-electron chi connectivity index (χ3n) is 4.82. The van der Waals surface area contributed by atoms with Crippen molar-refractivity contribution in [3.8, 4) is 0 Å². The van der Waals surface area contributed by atoms with Crippen molar-refractivity contribution < 1.29 is 9.53 Å². The Balaban J connectivity index is 1.56. The Morgan fingerprint density at radius 3 is 3.00 bits per heavy atom. The highest BCUT2D eigenvalue weighted by atomic mass is 16.5. The Hall–Kier alpha value is -0.650. The SMILES string of the molecule is CCNC1COCC1C(=O)NC1CCN2CCCC12. The molecule has 3 fully saturated rings. The summed E-state index contributed by atoms with van der Waals surface area (Å²) >= 11 is 0. The molecule has 4 atom stereocenters. The summed E-state index contributed by atoms with van der Waals surface area (Å²) in [5.74, 6) is 0.164. The molecule has 0 saturated carbocycles. The van der Waals surface area contributed by atoms with Crippen molar-refractivity contribution >= 4 is 5.91 Å². The van der Waals surface area contributed by atoms with Crippen LogP contribution in [0, 0.1) is 5.92 Å². The fourth-order valence-electron chi connectivity index (χ4n) is 3.82. The summed E-state index contributed by atoms with van der Waals surface area (Å²) in [6.07, 6.45) is 3.63. The molecule has 5 heteroatoms. The third-order valence-corrected chi connectivity index (χ3v) is 4.82. The van der Waals surface area contributed by atoms with Crippen LogP contribution >= 0.6 is 0 Å². The monoisotopic (exact) mass is 267 g/mol. The quantitative estimate of drug-likeness (QED) is 0.751. The molecule has 108 valence electrons. The molecular formula is C14H25N3O2. The van der Waals surface area contributed by atoms with Gasteiger partial charge in [0.2, 0.25) is 5.91 Å². The van der Waals surface area contributed by atoms with Crippen LogP contribution in [0.3, 0.4) is 0 Å². The minimum atomic E-state index is -0.0181. The molecule has 0 aromatic carbocycles. The summed E-state index contributed by atoms with van der Waals surface area (Å²) in [5, 5.41) is 6.63. The predicted octanol–water partition coefficient (Wildman–Crippen LogP) is -0.0362. The standard InChI is InChI=1S/C14H25N3O2/c1-2-15-12-9-19-8-10(12)14(18)16-11-5-7-17-6-3-4-13(11)17/h10-13,15H,2-9H2,1H3,(H,16,18). The number of ether oxygens (including phenoxy) is 1. The van der Waals surface area contributed by atoms with Crippen LogP contribution in [0.2, 0.25) is 0 Å². The number of hydrogen-bond donors (Lipinski definition) is 2. The van der Waals surface area contributed by atoms with Crippen molar-refractivity contribution in [3.63, 3.8) is 0 Å². The second-order valence-corrected chi connectivity index (χ2v) is 5.96. The van der Waals surface area contributed by atoms with Gasteiger partial charge in [0.1, 0.15) is 0 Å². The lowest BCUT2D eigenvalue weighted by Crippen LogP contribution is -2.49. The molecule has 19 heavy (non-hydrogen) atoms. The van der Waals surface area contributed by atoms with Crippen LogP contribution in [0.5, 0.6) is 0 Å². The zero-order chi connectivity index (χ0) is 13.2. The van der Waals surface area contributed by atoms with Crippen molar-refractivity contribution in [2.45, 2.75) is 44.3 Å². The highest BCUT2D eigenvalue weighted by Gasteiger charge is 2.40. The lowest BCUT2D eigenvalue weighted by molar-refractivity contribution is -0.126. The first kappa shape index (κ1) is 13.3. The molecule has 3 saturated heterocycles. The van der Waals surface area contributed by atoms with E-state index in [1.165, 1.54) is 19.4 Å². The zero-order valence-corrected chi connectivity index (χ0v) is 11.7. The molecular weight excluding hydrogens is 242 g/mol. The van der Waals surface area contributed by atoms with Gasteiger partial charge in [0.15, 0.2) is 0 Å². The van der Waals surface area contributed by atoms with E-state index < -0.39 is 0 Å². The van der Waals surface area contributed by atoms with Crippen LogP contribution in [-0.4, -0.2) is 61.8 Å². The zero-order valence-electron chi connectivity index (χ0n) is 11.7. The highest BCUT2D eigenvalue weighted by Crippen LogP contribution is 2.28. The topological polar surface area (TPSA) is 53.6 Å². The maximum absolute atomic E-state index is 12.4. The molecule has 0 aromatic rings. The molecule has 5 nitrogen and oxygen atoms in total. The fourth-order valence-corrected chi connectivity index (χ4v) is 3.82. The van der Waals surface area contributed by atoms with Crippen molar-refractivity contribution in [1.29, 1.82) is 0 Å². The molecule has 3 aliphatic rings. The molecule has 3 rings (SSSR count). The average Bonchev–Trinajstić information content (AvgIpc) is 3.07. The summed E-state index contributed by atoms with van der Waals surface area (Å²) in [5.41, 5.74) is 0. The van der Waals surface area contributed by atoms with Crippen LogP contribution in [0.1, 0.15) is 26.2 Å². The first-order valence-electron chi connectivity index (χ1n) is 7.65. The minimum absolute atomic E-state index is 0.0181. The maximum Gasteiger partial charge on any atom is 0.227 e. The molecule has 3 aliphatic heterocycles. The summed E-state index contributed by atoms with van der Waals surface area (Å²) in [4.78, 5) is 15.0. The van der Waals surface area contributed by atoms with E-state index in [4.69, 9.17) is 4.74 Å². The van der Waals surface area contributed by atoms with Gasteiger partial charge in [-0.3, -0.25) is 9.69 Å². The van der Waals surface area contributed by atoms with Gasteiger partial charge in [-0.25, -0.2) is 0 Å². The third kappa shape index (κ3) is 2.64. The molecule has 0 spiro atoms. The first-order chi connectivity index (χ1) is 9.29. The van der Waals surface area contributed by atoms with Crippen LogP contribution < -0.4 is 10.6 Å². The van der Waals surface area contributed by atoms with Gasteiger partial charge in [-0.1, -0.05) is 6.92 Å². The van der Waals surface area contributed by atoms with E-state index in [-0.39, 0.29) is 17.9 Å². The normalized spacial score (nSPS) is 38.6. The van der Waals surface area contributed by atoms with Gasteiger partial charge in [-0.2, -0.15) is 0 Å². The smallest absolute Gasteiger partial charge is 0.227 e. The summed E-state index contributed by atoms with van der Waals surface area (Å²) in [7, 11) is 0. The highest BCUT2D eigenvalue weighted by molar-refractivity contribution is 5.80. The van der Waals surface area contributed by atoms with Crippen LogP contribution in [0.4, 0.5) is 0 Å². The Morgan fingerprint density at radius 1 is 1.26 bits per heavy atom. The van der Waals surface area contributed by atoms with Crippen molar-refractivity contribution in [2.24, 2.45) is 5.92 Å². The van der Waals surface area contributed by atoms with Gasteiger partial charge in [0.25, 0.3) is 0 Å². The van der Waals surface area contributed by atoms with E-state index in [0.29, 0.717) is 25.3 Å². The van der Waals surface area contributed by atoms with Crippen LogP contribution in [0.15, 0.2) is 0 Å². The largest absolute Gasteiger partial charge is 0.379 e. The maximum atomic E-state index is 12.4. The number of nitrogens with one attached hydrogen (secondary N) is 2. The molecule has 2 N–H and O–H groups in total. The summed E-state index contributed by atoms with van der Waals surface area (Å²) in [6, 6.07) is 1.13. The number of carbonyl (C=O) groups is 1. The number of rotatable bonds is 4. The Labute approximate surface area is 115 Å². The van der Waals surface area contributed by atoms with E-state index in [2.05, 4.69) is 22.5 Å². The van der Waals surface area contributed by atoms with Gasteiger partial charge >= 0.3 is 0 Å². The average molecular weight is 267 g/mol. The lowest BCUT2D eigenvalue weighted by Gasteiger charge is -2.24. The van der Waals surface area contributed by atoms with Gasteiger partial charge in [0, 0.05) is 24.7 Å². The first-order valence-corrected chi connectivity index (χ1v) is 7.65. The van der Waals surface area contributed by atoms with Gasteiger partial charge < -0.3 is 15.4 Å². The van der Waals surface area contributed by atoms with E-state index in [9.17, 15) is 4.79 Å². The minimum Gasteiger partial charge on any atom is -0.379 e. The second-order valence-electron chi connectivity index (χ2n) is 5.96. The van der Waals surface area contributed by atoms with Crippen LogP contribution in [-0.2, 0) is 9.53 Å². The number of carbonyl (C=O) groups excluding carboxylic acids is 1. The predicted molar refractivity (Wildman–Crippen MR) is 72.9 cm³/mol. The summed E-state index contributed by atoms with van der Waals surface area (Å²) in [6.45, 7) is 6.53. The van der Waals surface area contributed by atoms with E-state index >= 15 is 0 Å². The van der Waals surface area contributed by atoms with E-state index in [1.807, 2.05) is 0 Å². The second kappa shape index (κ2) is 5.77. The van der Waals surface area contributed by atoms with Gasteiger partial charge in [0.05, 0.1) is 19.1 Å². The molecule has 0 aliphatic carbocycles. The molecule has 0 radical (unpaired) electrons. The fraction of sp³-hybridized carbons (Fsp3) is 0.929. The number of nitrogens with zero attached hydrogens (tertiary/aromatic N) is 1. The molecule has 0 bridgehead atoms. The van der Waals surface area contributed by atoms with Gasteiger partial charge in [-0.15, -0.1) is 0 Å². The molecule has 4 unspecified atom stereocenters. The lowest BCUT2D eigenvalue weighted by atomic mass is 10.0. The number of amides is 1. The van der Waals surface area contributed by atoms with E-state index in [1.54, 1.807) is 0 Å². The Bertz CT molecular complexity index is 337. The number of fused-ring (bicyclic) bond motifs is 1. The van der Waals surface area contributed by atoms with E-state index in [0.717, 1.165) is 19.5 Å². The van der Waals surface area contributed by atoms with Gasteiger partial charge in [-0.05, 0) is 32.4 Å². The number of hydrogen-bond acceptors (Lipinski definition) is 4. The Kier molecular flexibility index (Phi) is 4.05. The molecule has 3 heterocycles. The molecule has 0 aromatic heterocycles. The van der Waals surface area contributed by atoms with Crippen LogP contribution in [0.25, 0.3) is 0 Å². The summed E-state index contributed by atoms with van der Waals surface area (Å²) < 4.78 is 5.46. The van der Waals surface area contributed by atoms with Crippen molar-refractivity contribution in [2.75, 3.05) is 32.8 Å². The van der Waals surface area contributed by atoms with Crippen molar-refractivity contribution in [3.05, 3.63) is 0 Å². The van der Waals surface area contributed by atoms with Crippen molar-refractivity contribution in [1.82, 2.24) is 15.5 Å².